The third-order valence-corrected chi connectivity index (χ3v) is 4.26. The van der Waals surface area contributed by atoms with Crippen molar-refractivity contribution in [2.45, 2.75) is 32.2 Å². The normalized spacial score (nSPS) is 14.4. The average molecular weight is 386 g/mol. The summed E-state index contributed by atoms with van der Waals surface area (Å²) in [5.74, 6) is 0.362. The van der Waals surface area contributed by atoms with Gasteiger partial charge in [-0.05, 0) is 45.0 Å². The number of aromatic amines is 1. The highest BCUT2D eigenvalue weighted by atomic mass is 19.1. The third kappa shape index (κ3) is 4.36. The number of carbonyl (C=O) groups excluding carboxylic acids is 1. The number of amides is 2. The third-order valence-electron chi connectivity index (χ3n) is 4.26. The first-order chi connectivity index (χ1) is 13.2. The van der Waals surface area contributed by atoms with Gasteiger partial charge in [0.15, 0.2) is 0 Å². The van der Waals surface area contributed by atoms with Crippen LogP contribution >= 0.6 is 0 Å². The van der Waals surface area contributed by atoms with E-state index in [2.05, 4.69) is 20.6 Å². The minimum atomic E-state index is -0.388. The van der Waals surface area contributed by atoms with E-state index in [1.807, 2.05) is 20.8 Å². The molecule has 1 aromatic carbocycles. The van der Waals surface area contributed by atoms with Crippen LogP contribution in [-0.2, 0) is 0 Å². The van der Waals surface area contributed by atoms with Crippen molar-refractivity contribution < 1.29 is 9.18 Å². The average Bonchev–Trinajstić information content (AvgIpc) is 2.54. The number of anilines is 2. The molecule has 2 heterocycles. The number of halogens is 1. The van der Waals surface area contributed by atoms with Crippen LogP contribution in [0.5, 0.6) is 0 Å². The van der Waals surface area contributed by atoms with Crippen molar-refractivity contribution in [3.8, 4) is 0 Å². The van der Waals surface area contributed by atoms with Crippen molar-refractivity contribution in [1.82, 2.24) is 14.9 Å². The fourth-order valence-electron chi connectivity index (χ4n) is 2.83. The minimum Gasteiger partial charge on any atom is -0.365 e. The molecular weight excluding hydrogens is 363 g/mol. The zero-order valence-electron chi connectivity index (χ0n) is 16.0. The molecule has 0 aliphatic carbocycles. The quantitative estimate of drug-likeness (QED) is 0.605. The molecule has 148 valence electrons. The van der Waals surface area contributed by atoms with Crippen LogP contribution < -0.4 is 16.2 Å². The van der Waals surface area contributed by atoms with Crippen molar-refractivity contribution >= 4 is 23.8 Å². The van der Waals surface area contributed by atoms with E-state index in [1.54, 1.807) is 4.90 Å². The Morgan fingerprint density at radius 1 is 1.32 bits per heavy atom. The number of H-pyrrole nitrogens is 1. The van der Waals surface area contributed by atoms with E-state index < -0.39 is 0 Å². The number of nitrogens with zero attached hydrogens (tertiary/aromatic N) is 2. The van der Waals surface area contributed by atoms with Gasteiger partial charge in [-0.2, -0.15) is 0 Å². The number of hydrogen-bond donors (Lipinski definition) is 4. The number of rotatable bonds is 4. The summed E-state index contributed by atoms with van der Waals surface area (Å²) in [6, 6.07) is 5.23. The predicted octanol–water partition coefficient (Wildman–Crippen LogP) is 2.75. The number of carbonyl (C=O) groups is 1. The Hall–Kier alpha value is -3.23. The van der Waals surface area contributed by atoms with Gasteiger partial charge < -0.3 is 25.9 Å². The van der Waals surface area contributed by atoms with Gasteiger partial charge in [-0.15, -0.1) is 0 Å². The largest absolute Gasteiger partial charge is 0.365 e. The second-order valence-electron chi connectivity index (χ2n) is 7.77. The lowest BCUT2D eigenvalue weighted by Crippen LogP contribution is -2.51. The van der Waals surface area contributed by atoms with Gasteiger partial charge in [0.05, 0.1) is 11.5 Å². The van der Waals surface area contributed by atoms with Gasteiger partial charge in [-0.3, -0.25) is 4.79 Å². The van der Waals surface area contributed by atoms with Crippen LogP contribution in [0.25, 0.3) is 0 Å². The van der Waals surface area contributed by atoms with Gasteiger partial charge >= 0.3 is 6.03 Å². The number of likely N-dealkylation sites (tertiary alicyclic amines) is 1. The lowest BCUT2D eigenvalue weighted by Gasteiger charge is -2.38. The number of benzene rings is 1. The summed E-state index contributed by atoms with van der Waals surface area (Å²) in [7, 11) is 0. The highest BCUT2D eigenvalue weighted by Gasteiger charge is 2.34. The van der Waals surface area contributed by atoms with Crippen LogP contribution in [0.4, 0.5) is 20.7 Å². The lowest BCUT2D eigenvalue weighted by molar-refractivity contribution is 0.160. The Balaban J connectivity index is 1.69. The predicted molar refractivity (Wildman–Crippen MR) is 106 cm³/mol. The molecule has 8 nitrogen and oxygen atoms in total. The van der Waals surface area contributed by atoms with Gasteiger partial charge in [0.25, 0.3) is 5.56 Å². The molecule has 1 fully saturated rings. The van der Waals surface area contributed by atoms with Gasteiger partial charge in [0.1, 0.15) is 17.5 Å². The molecular formula is C19H23FN6O2. The molecule has 1 aliphatic heterocycles. The molecule has 1 aliphatic rings. The van der Waals surface area contributed by atoms with Crippen LogP contribution in [-0.4, -0.2) is 45.7 Å². The van der Waals surface area contributed by atoms with E-state index in [0.29, 0.717) is 30.4 Å². The van der Waals surface area contributed by atoms with Crippen molar-refractivity contribution in [3.05, 3.63) is 51.8 Å². The Labute approximate surface area is 161 Å². The maximum Gasteiger partial charge on any atom is 0.321 e. The van der Waals surface area contributed by atoms with Crippen molar-refractivity contribution in [3.63, 3.8) is 0 Å². The second kappa shape index (κ2) is 7.41. The molecule has 0 bridgehead atoms. The molecule has 0 atom stereocenters. The molecule has 1 aromatic heterocycles. The minimum absolute atomic E-state index is 0.105. The van der Waals surface area contributed by atoms with Crippen molar-refractivity contribution in [2.75, 3.05) is 23.7 Å². The summed E-state index contributed by atoms with van der Waals surface area (Å²) in [4.78, 5) is 33.3. The molecule has 2 amide bonds. The first-order valence-corrected chi connectivity index (χ1v) is 8.90. The van der Waals surface area contributed by atoms with Crippen LogP contribution in [0, 0.1) is 11.2 Å². The highest BCUT2D eigenvalue weighted by molar-refractivity contribution is 5.90. The first kappa shape index (κ1) is 19.5. The van der Waals surface area contributed by atoms with Crippen molar-refractivity contribution in [2.24, 2.45) is 0 Å². The smallest absolute Gasteiger partial charge is 0.321 e. The number of nitrogens with one attached hydrogen (secondary N) is 4. The zero-order valence-corrected chi connectivity index (χ0v) is 16.0. The van der Waals surface area contributed by atoms with Gasteiger partial charge in [0.2, 0.25) is 0 Å². The summed E-state index contributed by atoms with van der Waals surface area (Å²) < 4.78 is 12.9. The molecule has 1 saturated heterocycles. The number of aromatic nitrogens is 2. The number of urea groups is 1. The molecule has 9 heteroatoms. The van der Waals surface area contributed by atoms with Crippen LogP contribution in [0.15, 0.2) is 29.1 Å². The molecule has 28 heavy (non-hydrogen) atoms. The fourth-order valence-corrected chi connectivity index (χ4v) is 2.83. The summed E-state index contributed by atoms with van der Waals surface area (Å²) in [5.41, 5.74) is -0.0329. The Morgan fingerprint density at radius 2 is 1.96 bits per heavy atom. The van der Waals surface area contributed by atoms with E-state index in [9.17, 15) is 14.0 Å². The first-order valence-electron chi connectivity index (χ1n) is 8.90. The Morgan fingerprint density at radius 3 is 2.54 bits per heavy atom. The lowest BCUT2D eigenvalue weighted by atomic mass is 9.99. The summed E-state index contributed by atoms with van der Waals surface area (Å²) in [6.07, 6.45) is 0.979. The molecule has 3 rings (SSSR count). The van der Waals surface area contributed by atoms with Crippen LogP contribution in [0.2, 0.25) is 0 Å². The van der Waals surface area contributed by atoms with E-state index in [4.69, 9.17) is 5.41 Å². The molecule has 2 aromatic rings. The summed E-state index contributed by atoms with van der Waals surface area (Å²) >= 11 is 0. The summed E-state index contributed by atoms with van der Waals surface area (Å²) in [5, 5.41) is 13.3. The zero-order chi connectivity index (χ0) is 20.5. The highest BCUT2D eigenvalue weighted by Crippen LogP contribution is 2.26. The Bertz CT molecular complexity index is 942. The van der Waals surface area contributed by atoms with Crippen LogP contribution in [0.3, 0.4) is 0 Å². The molecule has 0 radical (unpaired) electrons. The monoisotopic (exact) mass is 386 g/mol. The second-order valence-corrected chi connectivity index (χ2v) is 7.77. The SMILES string of the molecule is CC(C)(C)Nc1nc(C2CN(C(=O)Nc3ccc(F)cc3)C2)[nH]c(=O)c1C=N. The standard InChI is InChI=1S/C19H23FN6O2/c1-19(2,3)25-16-14(8-21)17(27)24-15(23-16)11-9-26(10-11)18(28)22-13-6-4-12(20)5-7-13/h4-8,11,21H,9-10H2,1-3H3,(H,22,28)(H2,23,24,25,27). The Kier molecular flexibility index (Phi) is 5.17. The van der Waals surface area contributed by atoms with Gasteiger partial charge in [-0.1, -0.05) is 0 Å². The van der Waals surface area contributed by atoms with E-state index in [-0.39, 0.29) is 34.4 Å². The van der Waals surface area contributed by atoms with Gasteiger partial charge in [0, 0.05) is 30.5 Å². The number of hydrogen-bond acceptors (Lipinski definition) is 5. The fraction of sp³-hybridized carbons (Fsp3) is 0.368. The van der Waals surface area contributed by atoms with Crippen LogP contribution in [0.1, 0.15) is 38.1 Å². The summed E-state index contributed by atoms with van der Waals surface area (Å²) in [6.45, 7) is 6.61. The maximum atomic E-state index is 12.9. The van der Waals surface area contributed by atoms with E-state index >= 15 is 0 Å². The van der Waals surface area contributed by atoms with E-state index in [1.165, 1.54) is 24.3 Å². The van der Waals surface area contributed by atoms with Gasteiger partial charge in [-0.25, -0.2) is 14.2 Å². The molecule has 0 spiro atoms. The molecule has 4 N–H and O–H groups in total. The van der Waals surface area contributed by atoms with Crippen molar-refractivity contribution in [1.29, 1.82) is 5.41 Å². The molecule has 0 saturated carbocycles. The topological polar surface area (TPSA) is 114 Å². The maximum absolute atomic E-state index is 12.9. The van der Waals surface area contributed by atoms with E-state index in [0.717, 1.165) is 6.21 Å². The molecule has 0 unspecified atom stereocenters.